The van der Waals surface area contributed by atoms with Crippen LogP contribution in [0.15, 0.2) is 59.6 Å². The Hall–Kier alpha value is -2.27. The molecule has 0 atom stereocenters. The number of hydrogen-bond donors (Lipinski definition) is 1. The molecule has 0 bridgehead atoms. The number of para-hydroxylation sites is 2. The highest BCUT2D eigenvalue weighted by atomic mass is 79.9. The number of benzene rings is 2. The van der Waals surface area contributed by atoms with Crippen molar-refractivity contribution in [1.82, 2.24) is 0 Å². The molecular formula is C17H16BrNO3. The van der Waals surface area contributed by atoms with E-state index in [2.05, 4.69) is 27.8 Å². The second kappa shape index (κ2) is 7.66. The van der Waals surface area contributed by atoms with Crippen molar-refractivity contribution >= 4 is 27.5 Å². The number of halogens is 1. The molecule has 0 aliphatic rings. The minimum Gasteiger partial charge on any atom is -0.496 e. The Morgan fingerprint density at radius 3 is 2.77 bits per heavy atom. The van der Waals surface area contributed by atoms with E-state index in [0.29, 0.717) is 29.4 Å². The van der Waals surface area contributed by atoms with Gasteiger partial charge in [0.05, 0.1) is 18.4 Å². The van der Waals surface area contributed by atoms with Crippen molar-refractivity contribution in [1.29, 1.82) is 0 Å². The third kappa shape index (κ3) is 3.89. The van der Waals surface area contributed by atoms with Crippen LogP contribution in [0.3, 0.4) is 0 Å². The van der Waals surface area contributed by atoms with Gasteiger partial charge in [-0.2, -0.15) is 0 Å². The van der Waals surface area contributed by atoms with Crippen LogP contribution in [0.1, 0.15) is 10.4 Å². The molecule has 2 rings (SSSR count). The molecule has 5 heteroatoms. The van der Waals surface area contributed by atoms with Gasteiger partial charge in [0.2, 0.25) is 0 Å². The number of ether oxygens (including phenoxy) is 2. The predicted octanol–water partition coefficient (Wildman–Crippen LogP) is 4.27. The van der Waals surface area contributed by atoms with Crippen LogP contribution in [0.4, 0.5) is 5.69 Å². The van der Waals surface area contributed by atoms with E-state index in [0.717, 1.165) is 4.47 Å². The first-order valence-electron chi connectivity index (χ1n) is 6.63. The molecule has 114 valence electrons. The van der Waals surface area contributed by atoms with E-state index in [9.17, 15) is 4.79 Å². The van der Waals surface area contributed by atoms with Crippen molar-refractivity contribution < 1.29 is 14.3 Å². The summed E-state index contributed by atoms with van der Waals surface area (Å²) in [5, 5.41) is 2.84. The van der Waals surface area contributed by atoms with Crippen LogP contribution in [-0.2, 0) is 0 Å². The standard InChI is InChI=1S/C17H16BrNO3/c1-3-10-22-16-7-5-4-6-14(16)19-17(20)13-11-12(18)8-9-15(13)21-2/h3-9,11H,1,10H2,2H3,(H,19,20). The number of hydrogen-bond acceptors (Lipinski definition) is 3. The topological polar surface area (TPSA) is 47.6 Å². The number of nitrogens with one attached hydrogen (secondary N) is 1. The largest absolute Gasteiger partial charge is 0.496 e. The Bertz CT molecular complexity index is 685. The van der Waals surface area contributed by atoms with E-state index < -0.39 is 0 Å². The second-order valence-electron chi connectivity index (χ2n) is 4.39. The lowest BCUT2D eigenvalue weighted by Crippen LogP contribution is -2.14. The molecule has 0 unspecified atom stereocenters. The highest BCUT2D eigenvalue weighted by Gasteiger charge is 2.14. The molecule has 2 aromatic rings. The zero-order valence-electron chi connectivity index (χ0n) is 12.1. The average molecular weight is 362 g/mol. The highest BCUT2D eigenvalue weighted by Crippen LogP contribution is 2.27. The van der Waals surface area contributed by atoms with Crippen LogP contribution in [0.2, 0.25) is 0 Å². The SMILES string of the molecule is C=CCOc1ccccc1NC(=O)c1cc(Br)ccc1OC. The molecule has 1 amide bonds. The van der Waals surface area contributed by atoms with E-state index in [1.165, 1.54) is 7.11 Å². The van der Waals surface area contributed by atoms with Crippen molar-refractivity contribution in [2.45, 2.75) is 0 Å². The molecule has 0 radical (unpaired) electrons. The van der Waals surface area contributed by atoms with Crippen molar-refractivity contribution in [3.63, 3.8) is 0 Å². The molecule has 4 nitrogen and oxygen atoms in total. The fourth-order valence-electron chi connectivity index (χ4n) is 1.89. The van der Waals surface area contributed by atoms with Crippen LogP contribution >= 0.6 is 15.9 Å². The molecule has 0 heterocycles. The minimum atomic E-state index is -0.271. The van der Waals surface area contributed by atoms with Gasteiger partial charge in [0.1, 0.15) is 18.1 Å². The Kier molecular flexibility index (Phi) is 5.61. The first kappa shape index (κ1) is 16.1. The molecule has 0 spiro atoms. The van der Waals surface area contributed by atoms with Crippen LogP contribution in [0, 0.1) is 0 Å². The lowest BCUT2D eigenvalue weighted by molar-refractivity contribution is 0.102. The number of amides is 1. The number of carbonyl (C=O) groups is 1. The summed E-state index contributed by atoms with van der Waals surface area (Å²) >= 11 is 3.36. The summed E-state index contributed by atoms with van der Waals surface area (Å²) in [6.45, 7) is 3.98. The molecule has 0 fully saturated rings. The maximum absolute atomic E-state index is 12.5. The highest BCUT2D eigenvalue weighted by molar-refractivity contribution is 9.10. The van der Waals surface area contributed by atoms with Crippen LogP contribution < -0.4 is 14.8 Å². The zero-order valence-corrected chi connectivity index (χ0v) is 13.7. The van der Waals surface area contributed by atoms with Crippen LogP contribution in [0.25, 0.3) is 0 Å². The third-order valence-corrected chi connectivity index (χ3v) is 3.39. The first-order chi connectivity index (χ1) is 10.7. The summed E-state index contributed by atoms with van der Waals surface area (Å²) in [7, 11) is 1.53. The summed E-state index contributed by atoms with van der Waals surface area (Å²) in [4.78, 5) is 12.5. The number of anilines is 1. The van der Waals surface area contributed by atoms with Gasteiger partial charge in [-0.05, 0) is 30.3 Å². The smallest absolute Gasteiger partial charge is 0.259 e. The van der Waals surface area contributed by atoms with Crippen molar-refractivity contribution in [3.8, 4) is 11.5 Å². The van der Waals surface area contributed by atoms with E-state index in [4.69, 9.17) is 9.47 Å². The van der Waals surface area contributed by atoms with Gasteiger partial charge in [-0.15, -0.1) is 0 Å². The summed E-state index contributed by atoms with van der Waals surface area (Å²) in [5.41, 5.74) is 1.03. The van der Waals surface area contributed by atoms with Crippen LogP contribution in [-0.4, -0.2) is 19.6 Å². The molecule has 1 N–H and O–H groups in total. The third-order valence-electron chi connectivity index (χ3n) is 2.90. The van der Waals surface area contributed by atoms with E-state index in [1.54, 1.807) is 30.3 Å². The molecular weight excluding hydrogens is 346 g/mol. The van der Waals surface area contributed by atoms with Gasteiger partial charge in [0.15, 0.2) is 0 Å². The van der Waals surface area contributed by atoms with Gasteiger partial charge in [-0.25, -0.2) is 0 Å². The normalized spacial score (nSPS) is 9.91. The van der Waals surface area contributed by atoms with Gasteiger partial charge in [-0.3, -0.25) is 4.79 Å². The second-order valence-corrected chi connectivity index (χ2v) is 5.31. The fourth-order valence-corrected chi connectivity index (χ4v) is 2.25. The van der Waals surface area contributed by atoms with Crippen molar-refractivity contribution in [3.05, 3.63) is 65.2 Å². The number of rotatable bonds is 6. The lowest BCUT2D eigenvalue weighted by atomic mass is 10.2. The van der Waals surface area contributed by atoms with Crippen molar-refractivity contribution in [2.75, 3.05) is 19.0 Å². The Morgan fingerprint density at radius 2 is 2.05 bits per heavy atom. The van der Waals surface area contributed by atoms with Crippen LogP contribution in [0.5, 0.6) is 11.5 Å². The van der Waals surface area contributed by atoms with Gasteiger partial charge in [-0.1, -0.05) is 40.7 Å². The fraction of sp³-hybridized carbons (Fsp3) is 0.118. The molecule has 22 heavy (non-hydrogen) atoms. The summed E-state index contributed by atoms with van der Waals surface area (Å²) in [5.74, 6) is 0.822. The minimum absolute atomic E-state index is 0.271. The Morgan fingerprint density at radius 1 is 1.27 bits per heavy atom. The van der Waals surface area contributed by atoms with E-state index >= 15 is 0 Å². The molecule has 0 saturated heterocycles. The Labute approximate surface area is 137 Å². The predicted molar refractivity (Wildman–Crippen MR) is 90.8 cm³/mol. The summed E-state index contributed by atoms with van der Waals surface area (Å²) in [6.07, 6.45) is 1.65. The maximum Gasteiger partial charge on any atom is 0.259 e. The van der Waals surface area contributed by atoms with Gasteiger partial charge >= 0.3 is 0 Å². The summed E-state index contributed by atoms with van der Waals surface area (Å²) in [6, 6.07) is 12.5. The van der Waals surface area contributed by atoms with Crippen molar-refractivity contribution in [2.24, 2.45) is 0 Å². The maximum atomic E-state index is 12.5. The lowest BCUT2D eigenvalue weighted by Gasteiger charge is -2.13. The molecule has 0 saturated carbocycles. The molecule has 0 aliphatic carbocycles. The quantitative estimate of drug-likeness (QED) is 0.781. The molecule has 2 aromatic carbocycles. The zero-order chi connectivity index (χ0) is 15.9. The molecule has 0 aliphatic heterocycles. The monoisotopic (exact) mass is 361 g/mol. The Balaban J connectivity index is 2.26. The summed E-state index contributed by atoms with van der Waals surface area (Å²) < 4.78 is 11.6. The van der Waals surface area contributed by atoms with Gasteiger partial charge in [0.25, 0.3) is 5.91 Å². The average Bonchev–Trinajstić information content (AvgIpc) is 2.54. The molecule has 0 aromatic heterocycles. The van der Waals surface area contributed by atoms with E-state index in [-0.39, 0.29) is 5.91 Å². The van der Waals surface area contributed by atoms with E-state index in [1.807, 2.05) is 18.2 Å². The number of carbonyl (C=O) groups excluding carboxylic acids is 1. The number of methoxy groups -OCH3 is 1. The van der Waals surface area contributed by atoms with Gasteiger partial charge < -0.3 is 14.8 Å². The van der Waals surface area contributed by atoms with Gasteiger partial charge in [0, 0.05) is 4.47 Å². The first-order valence-corrected chi connectivity index (χ1v) is 7.42.